The van der Waals surface area contributed by atoms with Crippen molar-refractivity contribution in [2.75, 3.05) is 13.2 Å². The lowest BCUT2D eigenvalue weighted by atomic mass is 9.92. The average Bonchev–Trinajstić information content (AvgIpc) is 3.14. The van der Waals surface area contributed by atoms with E-state index in [0.717, 1.165) is 5.69 Å². The molecular formula is C15H21N3O2. The Balaban J connectivity index is 1.57. The van der Waals surface area contributed by atoms with E-state index in [9.17, 15) is 4.79 Å². The first-order valence-electron chi connectivity index (χ1n) is 7.75. The minimum atomic E-state index is -0.00897. The number of hydrogen-bond acceptors (Lipinski definition) is 4. The molecule has 2 atom stereocenters. The lowest BCUT2D eigenvalue weighted by molar-refractivity contribution is 0.178. The van der Waals surface area contributed by atoms with Crippen molar-refractivity contribution >= 4 is 0 Å². The molecule has 2 unspecified atom stereocenters. The van der Waals surface area contributed by atoms with Crippen LogP contribution in [0.1, 0.15) is 49.8 Å². The molecule has 0 spiro atoms. The fourth-order valence-corrected chi connectivity index (χ4v) is 3.10. The minimum Gasteiger partial charge on any atom is -0.377 e. The van der Waals surface area contributed by atoms with Crippen LogP contribution in [-0.2, 0) is 4.74 Å². The molecule has 0 amide bonds. The predicted molar refractivity (Wildman–Crippen MR) is 74.9 cm³/mol. The van der Waals surface area contributed by atoms with Crippen molar-refractivity contribution in [3.63, 3.8) is 0 Å². The predicted octanol–water partition coefficient (Wildman–Crippen LogP) is 1.20. The summed E-state index contributed by atoms with van der Waals surface area (Å²) in [7, 11) is 0. The van der Waals surface area contributed by atoms with Gasteiger partial charge in [-0.3, -0.25) is 4.79 Å². The van der Waals surface area contributed by atoms with Gasteiger partial charge < -0.3 is 10.1 Å². The van der Waals surface area contributed by atoms with E-state index in [1.165, 1.54) is 32.1 Å². The Kier molecular flexibility index (Phi) is 3.11. The van der Waals surface area contributed by atoms with Gasteiger partial charge in [0.05, 0.1) is 31.0 Å². The molecule has 1 aliphatic heterocycles. The van der Waals surface area contributed by atoms with Crippen LogP contribution in [0, 0.1) is 0 Å². The molecule has 108 valence electrons. The summed E-state index contributed by atoms with van der Waals surface area (Å²) in [6.45, 7) is 1.27. The largest absolute Gasteiger partial charge is 0.377 e. The molecule has 2 heterocycles. The molecule has 2 saturated carbocycles. The van der Waals surface area contributed by atoms with Crippen LogP contribution in [0.5, 0.6) is 0 Å². The lowest BCUT2D eigenvalue weighted by Gasteiger charge is -2.31. The SMILES string of the molecule is O=c1ccc(C2CC2)nn1C1COCC1NC1CCC1. The van der Waals surface area contributed by atoms with Gasteiger partial charge in [-0.25, -0.2) is 4.68 Å². The molecule has 1 aromatic heterocycles. The summed E-state index contributed by atoms with van der Waals surface area (Å²) in [6.07, 6.45) is 6.21. The molecule has 2 aliphatic carbocycles. The van der Waals surface area contributed by atoms with Crippen molar-refractivity contribution in [3.05, 3.63) is 28.2 Å². The van der Waals surface area contributed by atoms with Crippen molar-refractivity contribution in [2.45, 2.75) is 56.1 Å². The summed E-state index contributed by atoms with van der Waals surface area (Å²) in [5.41, 5.74) is 1.06. The van der Waals surface area contributed by atoms with E-state index in [2.05, 4.69) is 10.4 Å². The molecule has 4 rings (SSSR count). The van der Waals surface area contributed by atoms with Gasteiger partial charge in [-0.15, -0.1) is 0 Å². The van der Waals surface area contributed by atoms with Gasteiger partial charge in [0.15, 0.2) is 0 Å². The molecule has 3 aliphatic rings. The Morgan fingerprint density at radius 3 is 2.75 bits per heavy atom. The molecule has 5 nitrogen and oxygen atoms in total. The number of nitrogens with zero attached hydrogens (tertiary/aromatic N) is 2. The van der Waals surface area contributed by atoms with Crippen LogP contribution in [0.2, 0.25) is 0 Å². The average molecular weight is 275 g/mol. The van der Waals surface area contributed by atoms with Crippen LogP contribution in [-0.4, -0.2) is 35.1 Å². The van der Waals surface area contributed by atoms with E-state index in [0.29, 0.717) is 25.2 Å². The third-order valence-corrected chi connectivity index (χ3v) is 4.76. The second-order valence-corrected chi connectivity index (χ2v) is 6.32. The second kappa shape index (κ2) is 4.97. The molecular weight excluding hydrogens is 254 g/mol. The van der Waals surface area contributed by atoms with Crippen molar-refractivity contribution in [3.8, 4) is 0 Å². The fraction of sp³-hybridized carbons (Fsp3) is 0.733. The minimum absolute atomic E-state index is 0.00897. The first-order chi connectivity index (χ1) is 9.81. The topological polar surface area (TPSA) is 56.2 Å². The molecule has 1 N–H and O–H groups in total. The molecule has 5 heteroatoms. The van der Waals surface area contributed by atoms with Crippen molar-refractivity contribution in [1.29, 1.82) is 0 Å². The van der Waals surface area contributed by atoms with Gasteiger partial charge in [-0.2, -0.15) is 5.10 Å². The van der Waals surface area contributed by atoms with Crippen LogP contribution >= 0.6 is 0 Å². The summed E-state index contributed by atoms with van der Waals surface area (Å²) in [4.78, 5) is 12.1. The highest BCUT2D eigenvalue weighted by atomic mass is 16.5. The zero-order valence-electron chi connectivity index (χ0n) is 11.6. The Hall–Kier alpha value is -1.20. The highest BCUT2D eigenvalue weighted by Crippen LogP contribution is 2.38. The zero-order chi connectivity index (χ0) is 13.5. The highest BCUT2D eigenvalue weighted by molar-refractivity contribution is 5.13. The van der Waals surface area contributed by atoms with E-state index in [4.69, 9.17) is 4.74 Å². The normalized spacial score (nSPS) is 30.4. The van der Waals surface area contributed by atoms with Crippen molar-refractivity contribution < 1.29 is 4.74 Å². The van der Waals surface area contributed by atoms with Gasteiger partial charge in [0, 0.05) is 18.0 Å². The summed E-state index contributed by atoms with van der Waals surface area (Å²) in [5, 5.41) is 8.23. The van der Waals surface area contributed by atoms with Crippen molar-refractivity contribution in [2.24, 2.45) is 0 Å². The Morgan fingerprint density at radius 2 is 2.05 bits per heavy atom. The van der Waals surface area contributed by atoms with Gasteiger partial charge in [-0.05, 0) is 31.7 Å². The molecule has 0 bridgehead atoms. The zero-order valence-corrected chi connectivity index (χ0v) is 11.6. The third-order valence-electron chi connectivity index (χ3n) is 4.76. The Labute approximate surface area is 118 Å². The quantitative estimate of drug-likeness (QED) is 0.897. The first-order valence-corrected chi connectivity index (χ1v) is 7.75. The number of nitrogens with one attached hydrogen (secondary N) is 1. The smallest absolute Gasteiger partial charge is 0.267 e. The summed E-state index contributed by atoms with van der Waals surface area (Å²) >= 11 is 0. The van der Waals surface area contributed by atoms with E-state index < -0.39 is 0 Å². The number of aromatic nitrogens is 2. The van der Waals surface area contributed by atoms with Gasteiger partial charge in [0.1, 0.15) is 0 Å². The molecule has 1 saturated heterocycles. The number of ether oxygens (including phenoxy) is 1. The maximum absolute atomic E-state index is 12.1. The highest BCUT2D eigenvalue weighted by Gasteiger charge is 2.35. The van der Waals surface area contributed by atoms with Crippen LogP contribution < -0.4 is 10.9 Å². The third kappa shape index (κ3) is 2.29. The summed E-state index contributed by atoms with van der Waals surface area (Å²) < 4.78 is 7.27. The van der Waals surface area contributed by atoms with Crippen LogP contribution in [0.15, 0.2) is 16.9 Å². The maximum Gasteiger partial charge on any atom is 0.267 e. The van der Waals surface area contributed by atoms with E-state index in [1.54, 1.807) is 10.7 Å². The lowest BCUT2D eigenvalue weighted by Crippen LogP contribution is -2.48. The van der Waals surface area contributed by atoms with E-state index >= 15 is 0 Å². The van der Waals surface area contributed by atoms with Gasteiger partial charge in [0.25, 0.3) is 5.56 Å². The Morgan fingerprint density at radius 1 is 1.20 bits per heavy atom. The van der Waals surface area contributed by atoms with Gasteiger partial charge >= 0.3 is 0 Å². The van der Waals surface area contributed by atoms with Gasteiger partial charge in [-0.1, -0.05) is 6.42 Å². The molecule has 20 heavy (non-hydrogen) atoms. The molecule has 0 aromatic carbocycles. The fourth-order valence-electron chi connectivity index (χ4n) is 3.10. The molecule has 1 aromatic rings. The Bertz CT molecular complexity index is 548. The molecule has 0 radical (unpaired) electrons. The monoisotopic (exact) mass is 275 g/mol. The van der Waals surface area contributed by atoms with Crippen LogP contribution in [0.4, 0.5) is 0 Å². The number of rotatable bonds is 4. The first kappa shape index (κ1) is 12.5. The summed E-state index contributed by atoms with van der Waals surface area (Å²) in [5.74, 6) is 0.571. The van der Waals surface area contributed by atoms with Gasteiger partial charge in [0.2, 0.25) is 0 Å². The number of hydrogen-bond donors (Lipinski definition) is 1. The van der Waals surface area contributed by atoms with Crippen molar-refractivity contribution in [1.82, 2.24) is 15.1 Å². The maximum atomic E-state index is 12.1. The van der Waals surface area contributed by atoms with E-state index in [1.807, 2.05) is 6.07 Å². The molecule has 3 fully saturated rings. The van der Waals surface area contributed by atoms with E-state index in [-0.39, 0.29) is 17.6 Å². The second-order valence-electron chi connectivity index (χ2n) is 6.32. The summed E-state index contributed by atoms with van der Waals surface area (Å²) in [6, 6.07) is 4.42. The van der Waals surface area contributed by atoms with Crippen LogP contribution in [0.25, 0.3) is 0 Å². The van der Waals surface area contributed by atoms with Crippen LogP contribution in [0.3, 0.4) is 0 Å². The standard InChI is InChI=1S/C15H21N3O2/c19-15-7-6-12(10-4-5-10)17-18(15)14-9-20-8-13(14)16-11-2-1-3-11/h6-7,10-11,13-14,16H,1-5,8-9H2.